The van der Waals surface area contributed by atoms with Gasteiger partial charge < -0.3 is 15.7 Å². The summed E-state index contributed by atoms with van der Waals surface area (Å²) in [5, 5.41) is 9.01. The summed E-state index contributed by atoms with van der Waals surface area (Å²) in [5.74, 6) is 2.62. The van der Waals surface area contributed by atoms with E-state index in [1.807, 2.05) is 62.6 Å². The van der Waals surface area contributed by atoms with E-state index in [9.17, 15) is 14.4 Å². The molecule has 2 fully saturated rings. The van der Waals surface area contributed by atoms with Crippen LogP contribution >= 0.6 is 11.3 Å². The maximum atomic E-state index is 12.5. The summed E-state index contributed by atoms with van der Waals surface area (Å²) in [4.78, 5) is 46.8. The van der Waals surface area contributed by atoms with Crippen molar-refractivity contribution >= 4 is 35.1 Å². The van der Waals surface area contributed by atoms with Crippen molar-refractivity contribution in [2.24, 2.45) is 35.3 Å². The highest BCUT2D eigenvalue weighted by Crippen LogP contribution is 2.41. The second-order valence-corrected chi connectivity index (χ2v) is 17.8. The topological polar surface area (TPSA) is 126 Å². The van der Waals surface area contributed by atoms with E-state index in [2.05, 4.69) is 50.7 Å². The highest BCUT2D eigenvalue weighted by molar-refractivity contribution is 7.13. The van der Waals surface area contributed by atoms with Crippen molar-refractivity contribution in [3.8, 4) is 11.4 Å². The lowest BCUT2D eigenvalue weighted by molar-refractivity contribution is -0.153. The number of carbonyl (C=O) groups excluding carboxylic acids is 2. The van der Waals surface area contributed by atoms with Crippen molar-refractivity contribution < 1.29 is 19.5 Å². The van der Waals surface area contributed by atoms with Gasteiger partial charge in [0, 0.05) is 41.5 Å². The van der Waals surface area contributed by atoms with E-state index in [1.54, 1.807) is 11.3 Å². The molecule has 8 nitrogen and oxygen atoms in total. The Morgan fingerprint density at radius 3 is 2.17 bits per heavy atom. The number of carboxylic acid groups (broad SMARTS) is 1. The van der Waals surface area contributed by atoms with Gasteiger partial charge in [0.05, 0.1) is 16.8 Å². The number of aromatic nitrogens is 2. The molecule has 2 aromatic heterocycles. The van der Waals surface area contributed by atoms with Crippen LogP contribution < -0.4 is 5.73 Å². The number of carbonyl (C=O) groups is 3. The predicted octanol–water partition coefficient (Wildman–Crippen LogP) is 9.87. The SMILES string of the molecule is CC.CC(C)(C)c1ccc(C=O)s1.CC(C)CC1CCCC(C2CC=C(c3cnc(-c4ccc(CC(N)C(=O)N5CC(C(=O)O)C5)cc4)nc3)CC2)CC1. The van der Waals surface area contributed by atoms with Gasteiger partial charge in [-0.05, 0) is 90.9 Å². The predicted molar refractivity (Wildman–Crippen MR) is 221 cm³/mol. The van der Waals surface area contributed by atoms with Gasteiger partial charge in [0.1, 0.15) is 0 Å². The molecule has 3 aliphatic rings. The van der Waals surface area contributed by atoms with E-state index in [1.165, 1.54) is 66.7 Å². The zero-order chi connectivity index (χ0) is 39.4. The Morgan fingerprint density at radius 1 is 0.944 bits per heavy atom. The van der Waals surface area contributed by atoms with Crippen molar-refractivity contribution in [1.29, 1.82) is 0 Å². The van der Waals surface area contributed by atoms with Crippen LogP contribution in [-0.2, 0) is 21.4 Å². The molecular formula is C45H64N4O4S. The molecule has 294 valence electrons. The summed E-state index contributed by atoms with van der Waals surface area (Å²) in [5.41, 5.74) is 10.7. The maximum absolute atomic E-state index is 12.5. The Bertz CT molecular complexity index is 1670. The highest BCUT2D eigenvalue weighted by Gasteiger charge is 2.37. The molecule has 3 heterocycles. The summed E-state index contributed by atoms with van der Waals surface area (Å²) in [7, 11) is 0. The molecule has 4 unspecified atom stereocenters. The number of aldehydes is 1. The molecule has 9 heteroatoms. The molecule has 1 saturated carbocycles. The molecule has 0 spiro atoms. The summed E-state index contributed by atoms with van der Waals surface area (Å²) in [6, 6.07) is 11.1. The molecule has 0 radical (unpaired) electrons. The van der Waals surface area contributed by atoms with Crippen molar-refractivity contribution in [2.75, 3.05) is 13.1 Å². The minimum Gasteiger partial charge on any atom is -0.481 e. The molecule has 1 amide bonds. The van der Waals surface area contributed by atoms with Crippen LogP contribution in [0.15, 0.2) is 54.9 Å². The normalized spacial score (nSPS) is 20.9. The number of nitrogens with zero attached hydrogens (tertiary/aromatic N) is 3. The molecule has 1 aromatic carbocycles. The average molecular weight is 757 g/mol. The monoisotopic (exact) mass is 756 g/mol. The number of carboxylic acids is 1. The number of hydrogen-bond donors (Lipinski definition) is 2. The van der Waals surface area contributed by atoms with Gasteiger partial charge in [0.15, 0.2) is 12.1 Å². The van der Waals surface area contributed by atoms with Crippen LogP contribution in [0.1, 0.15) is 132 Å². The molecular weight excluding hydrogens is 693 g/mol. The number of likely N-dealkylation sites (tertiary alicyclic amines) is 1. The fraction of sp³-hybridized carbons (Fsp3) is 0.578. The lowest BCUT2D eigenvalue weighted by Gasteiger charge is -2.38. The zero-order valence-electron chi connectivity index (χ0n) is 33.7. The number of aliphatic carboxylic acids is 1. The summed E-state index contributed by atoms with van der Waals surface area (Å²) in [6.07, 6.45) is 19.7. The van der Waals surface area contributed by atoms with Gasteiger partial charge in [-0.1, -0.05) is 104 Å². The first-order chi connectivity index (χ1) is 25.8. The van der Waals surface area contributed by atoms with Crippen LogP contribution in [0.5, 0.6) is 0 Å². The molecule has 0 bridgehead atoms. The number of thiophene rings is 1. The van der Waals surface area contributed by atoms with Crippen LogP contribution in [0.2, 0.25) is 0 Å². The van der Waals surface area contributed by atoms with E-state index in [-0.39, 0.29) is 24.4 Å². The molecule has 3 N–H and O–H groups in total. The summed E-state index contributed by atoms with van der Waals surface area (Å²) < 4.78 is 0. The molecule has 3 aromatic rings. The molecule has 1 saturated heterocycles. The molecule has 4 atom stereocenters. The van der Waals surface area contributed by atoms with Gasteiger partial charge in [-0.3, -0.25) is 14.4 Å². The fourth-order valence-electron chi connectivity index (χ4n) is 7.97. The van der Waals surface area contributed by atoms with Gasteiger partial charge in [-0.2, -0.15) is 0 Å². The van der Waals surface area contributed by atoms with Crippen molar-refractivity contribution in [1.82, 2.24) is 14.9 Å². The molecule has 2 aliphatic carbocycles. The van der Waals surface area contributed by atoms with Gasteiger partial charge in [-0.25, -0.2) is 9.97 Å². The van der Waals surface area contributed by atoms with Crippen molar-refractivity contribution in [3.05, 3.63) is 75.7 Å². The van der Waals surface area contributed by atoms with Crippen LogP contribution in [0, 0.1) is 29.6 Å². The number of amides is 1. The van der Waals surface area contributed by atoms with E-state index in [0.29, 0.717) is 12.2 Å². The first-order valence-electron chi connectivity index (χ1n) is 20.2. The quantitative estimate of drug-likeness (QED) is 0.156. The Morgan fingerprint density at radius 2 is 1.63 bits per heavy atom. The summed E-state index contributed by atoms with van der Waals surface area (Å²) >= 11 is 1.57. The lowest BCUT2D eigenvalue weighted by Crippen LogP contribution is -2.57. The number of allylic oxidation sites excluding steroid dienone is 2. The number of benzene rings is 1. The third-order valence-corrected chi connectivity index (χ3v) is 12.5. The molecule has 1 aliphatic heterocycles. The smallest absolute Gasteiger partial charge is 0.310 e. The maximum Gasteiger partial charge on any atom is 0.310 e. The van der Waals surface area contributed by atoms with Crippen molar-refractivity contribution in [2.45, 2.75) is 124 Å². The van der Waals surface area contributed by atoms with Crippen LogP contribution in [0.3, 0.4) is 0 Å². The minimum absolute atomic E-state index is 0.173. The largest absolute Gasteiger partial charge is 0.481 e. The van der Waals surface area contributed by atoms with E-state index in [4.69, 9.17) is 10.8 Å². The third kappa shape index (κ3) is 12.2. The Labute approximate surface area is 328 Å². The fourth-order valence-corrected chi connectivity index (χ4v) is 8.85. The third-order valence-electron chi connectivity index (χ3n) is 11.1. The van der Waals surface area contributed by atoms with E-state index >= 15 is 0 Å². The van der Waals surface area contributed by atoms with Crippen LogP contribution in [-0.4, -0.2) is 57.3 Å². The van der Waals surface area contributed by atoms with Gasteiger partial charge in [-0.15, -0.1) is 11.3 Å². The summed E-state index contributed by atoms with van der Waals surface area (Å²) in [6.45, 7) is 15.6. The Kier molecular flexibility index (Phi) is 16.2. The average Bonchev–Trinajstić information content (AvgIpc) is 3.53. The second kappa shape index (κ2) is 20.3. The number of nitrogens with two attached hydrogens (primary N) is 1. The van der Waals surface area contributed by atoms with E-state index < -0.39 is 17.9 Å². The highest BCUT2D eigenvalue weighted by atomic mass is 32.1. The number of rotatable bonds is 10. The van der Waals surface area contributed by atoms with Gasteiger partial charge in [0.2, 0.25) is 5.91 Å². The molecule has 54 heavy (non-hydrogen) atoms. The molecule has 6 rings (SSSR count). The first kappa shape index (κ1) is 43.0. The first-order valence-corrected chi connectivity index (χ1v) is 21.1. The standard InChI is InChI=1S/C34H46N4O3.C9H12OS.C2H6/c1-22(2)16-23-4-3-5-25(9-6-23)26-12-14-27(15-13-26)29-18-36-32(37-19-29)28-10-7-24(8-11-28)17-31(35)33(39)38-20-30(21-38)34(40)41;1-9(2,3)8-5-4-7(6-10)11-8;1-2/h7-8,10-11,14,18-19,22-23,25-26,30-31H,3-6,9,12-13,15-17,20-21,35H2,1-2H3,(H,40,41);4-6H,1-3H3;1-2H3. The lowest BCUT2D eigenvalue weighted by atomic mass is 9.76. The Balaban J connectivity index is 0.000000426. The van der Waals surface area contributed by atoms with Crippen LogP contribution in [0.25, 0.3) is 17.0 Å². The second-order valence-electron chi connectivity index (χ2n) is 16.7. The Hall–Kier alpha value is -3.69. The number of hydrogen-bond acceptors (Lipinski definition) is 7. The van der Waals surface area contributed by atoms with Crippen LogP contribution in [0.4, 0.5) is 0 Å². The van der Waals surface area contributed by atoms with Gasteiger partial charge in [0.25, 0.3) is 0 Å². The zero-order valence-corrected chi connectivity index (χ0v) is 34.5. The van der Waals surface area contributed by atoms with Crippen molar-refractivity contribution in [3.63, 3.8) is 0 Å². The van der Waals surface area contributed by atoms with E-state index in [0.717, 1.165) is 57.9 Å². The minimum atomic E-state index is -0.863. The van der Waals surface area contributed by atoms with Gasteiger partial charge >= 0.3 is 5.97 Å².